The highest BCUT2D eigenvalue weighted by Gasteiger charge is 2.13. The molecule has 0 radical (unpaired) electrons. The van der Waals surface area contributed by atoms with Crippen molar-refractivity contribution < 1.29 is 14.2 Å². The molecular formula is C21H24N4O3. The van der Waals surface area contributed by atoms with Gasteiger partial charge in [0.05, 0.1) is 21.3 Å². The van der Waals surface area contributed by atoms with Crippen LogP contribution in [-0.2, 0) is 6.54 Å². The van der Waals surface area contributed by atoms with Crippen LogP contribution in [0.15, 0.2) is 48.8 Å². The van der Waals surface area contributed by atoms with E-state index in [9.17, 15) is 0 Å². The molecule has 2 aromatic carbocycles. The van der Waals surface area contributed by atoms with Gasteiger partial charge in [0.1, 0.15) is 18.0 Å². The van der Waals surface area contributed by atoms with Crippen LogP contribution in [0.25, 0.3) is 0 Å². The maximum Gasteiger partial charge on any atom is 0.203 e. The molecule has 7 heteroatoms. The lowest BCUT2D eigenvalue weighted by molar-refractivity contribution is 0.324. The molecule has 3 rings (SSSR count). The van der Waals surface area contributed by atoms with Gasteiger partial charge in [-0.2, -0.15) is 0 Å². The van der Waals surface area contributed by atoms with Crippen molar-refractivity contribution in [3.05, 3.63) is 59.9 Å². The van der Waals surface area contributed by atoms with Gasteiger partial charge in [-0.15, -0.1) is 0 Å². The molecule has 0 unspecified atom stereocenters. The Labute approximate surface area is 164 Å². The van der Waals surface area contributed by atoms with E-state index >= 15 is 0 Å². The summed E-state index contributed by atoms with van der Waals surface area (Å²) in [6, 6.07) is 13.9. The molecule has 0 saturated heterocycles. The van der Waals surface area contributed by atoms with E-state index in [2.05, 4.69) is 51.8 Å². The Morgan fingerprint density at radius 1 is 0.821 bits per heavy atom. The smallest absolute Gasteiger partial charge is 0.203 e. The number of aryl methyl sites for hydroxylation is 1. The van der Waals surface area contributed by atoms with Crippen molar-refractivity contribution in [2.24, 2.45) is 0 Å². The summed E-state index contributed by atoms with van der Waals surface area (Å²) in [5, 5.41) is 6.55. The van der Waals surface area contributed by atoms with E-state index in [-0.39, 0.29) is 0 Å². The number of aromatic nitrogens is 2. The molecule has 1 aromatic heterocycles. The molecule has 3 aromatic rings. The van der Waals surface area contributed by atoms with Crippen LogP contribution in [0.3, 0.4) is 0 Å². The Hall–Kier alpha value is -3.48. The summed E-state index contributed by atoms with van der Waals surface area (Å²) in [7, 11) is 4.74. The summed E-state index contributed by atoms with van der Waals surface area (Å²) in [4.78, 5) is 8.56. The minimum Gasteiger partial charge on any atom is -0.493 e. The highest BCUT2D eigenvalue weighted by atomic mass is 16.5. The monoisotopic (exact) mass is 380 g/mol. The van der Waals surface area contributed by atoms with Gasteiger partial charge in [-0.1, -0.05) is 29.8 Å². The van der Waals surface area contributed by atoms with Crippen LogP contribution >= 0.6 is 0 Å². The van der Waals surface area contributed by atoms with Crippen LogP contribution in [-0.4, -0.2) is 31.3 Å². The molecule has 7 nitrogen and oxygen atoms in total. The van der Waals surface area contributed by atoms with Gasteiger partial charge in [-0.3, -0.25) is 0 Å². The van der Waals surface area contributed by atoms with Crippen molar-refractivity contribution in [3.8, 4) is 17.2 Å². The topological polar surface area (TPSA) is 77.5 Å². The zero-order valence-corrected chi connectivity index (χ0v) is 16.4. The van der Waals surface area contributed by atoms with E-state index in [0.717, 1.165) is 11.5 Å². The molecule has 1 heterocycles. The summed E-state index contributed by atoms with van der Waals surface area (Å²) in [6.45, 7) is 2.75. The fourth-order valence-electron chi connectivity index (χ4n) is 2.72. The summed E-state index contributed by atoms with van der Waals surface area (Å²) in [5.74, 6) is 3.05. The fraction of sp³-hybridized carbons (Fsp3) is 0.238. The molecule has 0 aliphatic carbocycles. The van der Waals surface area contributed by atoms with E-state index in [1.54, 1.807) is 21.3 Å². The van der Waals surface area contributed by atoms with Crippen molar-refractivity contribution in [2.75, 3.05) is 32.0 Å². The molecule has 0 fully saturated rings. The number of ether oxygens (including phenoxy) is 3. The zero-order valence-electron chi connectivity index (χ0n) is 16.4. The minimum atomic E-state index is 0.540. The Bertz CT molecular complexity index is 904. The first-order valence-corrected chi connectivity index (χ1v) is 8.81. The SMILES string of the molecule is COc1cc(Nc2cc(NCc3ccc(C)cc3)ncn2)cc(OC)c1OC. The third-order valence-electron chi connectivity index (χ3n) is 4.20. The number of methoxy groups -OCH3 is 3. The summed E-state index contributed by atoms with van der Waals surface area (Å²) < 4.78 is 16.1. The molecule has 0 aliphatic rings. The van der Waals surface area contributed by atoms with Crippen LogP contribution in [0.1, 0.15) is 11.1 Å². The van der Waals surface area contributed by atoms with E-state index in [0.29, 0.717) is 29.6 Å². The van der Waals surface area contributed by atoms with E-state index in [1.807, 2.05) is 18.2 Å². The average molecular weight is 380 g/mol. The Morgan fingerprint density at radius 3 is 2.07 bits per heavy atom. The molecule has 0 bridgehead atoms. The van der Waals surface area contributed by atoms with Crippen LogP contribution in [0.4, 0.5) is 17.3 Å². The number of benzene rings is 2. The van der Waals surface area contributed by atoms with E-state index in [1.165, 1.54) is 17.5 Å². The minimum absolute atomic E-state index is 0.540. The maximum atomic E-state index is 5.39. The summed E-state index contributed by atoms with van der Waals surface area (Å²) >= 11 is 0. The molecule has 0 saturated carbocycles. The maximum absolute atomic E-state index is 5.39. The first-order valence-electron chi connectivity index (χ1n) is 8.81. The van der Waals surface area contributed by atoms with Crippen LogP contribution in [0, 0.1) is 6.92 Å². The van der Waals surface area contributed by atoms with Crippen LogP contribution in [0.5, 0.6) is 17.2 Å². The molecule has 28 heavy (non-hydrogen) atoms. The lowest BCUT2D eigenvalue weighted by Gasteiger charge is -2.15. The van der Waals surface area contributed by atoms with Crippen LogP contribution in [0.2, 0.25) is 0 Å². The molecule has 0 spiro atoms. The van der Waals surface area contributed by atoms with Gasteiger partial charge in [0, 0.05) is 30.4 Å². The number of nitrogens with one attached hydrogen (secondary N) is 2. The molecule has 0 amide bonds. The van der Waals surface area contributed by atoms with Crippen molar-refractivity contribution in [2.45, 2.75) is 13.5 Å². The second-order valence-corrected chi connectivity index (χ2v) is 6.17. The number of nitrogens with zero attached hydrogens (tertiary/aromatic N) is 2. The summed E-state index contributed by atoms with van der Waals surface area (Å²) in [5.41, 5.74) is 3.18. The first-order chi connectivity index (χ1) is 13.6. The second kappa shape index (κ2) is 8.94. The van der Waals surface area contributed by atoms with Gasteiger partial charge in [0.15, 0.2) is 11.5 Å². The fourth-order valence-corrected chi connectivity index (χ4v) is 2.72. The Morgan fingerprint density at radius 2 is 1.46 bits per heavy atom. The molecule has 0 aliphatic heterocycles. The highest BCUT2D eigenvalue weighted by molar-refractivity contribution is 5.67. The lowest BCUT2D eigenvalue weighted by atomic mass is 10.1. The quantitative estimate of drug-likeness (QED) is 0.607. The summed E-state index contributed by atoms with van der Waals surface area (Å²) in [6.07, 6.45) is 1.51. The van der Waals surface area contributed by atoms with Gasteiger partial charge in [-0.25, -0.2) is 9.97 Å². The molecule has 2 N–H and O–H groups in total. The largest absolute Gasteiger partial charge is 0.493 e. The number of hydrogen-bond acceptors (Lipinski definition) is 7. The van der Waals surface area contributed by atoms with E-state index in [4.69, 9.17) is 14.2 Å². The zero-order chi connectivity index (χ0) is 19.9. The molecule has 146 valence electrons. The van der Waals surface area contributed by atoms with Gasteiger partial charge < -0.3 is 24.8 Å². The standard InChI is InChI=1S/C21H24N4O3/c1-14-5-7-15(8-6-14)12-22-19-11-20(24-13-23-19)25-16-9-17(26-2)21(28-4)18(10-16)27-3/h5-11,13H,12H2,1-4H3,(H2,22,23,24,25). The average Bonchev–Trinajstić information content (AvgIpc) is 2.73. The van der Waals surface area contributed by atoms with Gasteiger partial charge in [-0.05, 0) is 12.5 Å². The second-order valence-electron chi connectivity index (χ2n) is 6.17. The lowest BCUT2D eigenvalue weighted by Crippen LogP contribution is -2.03. The number of rotatable bonds is 8. The number of anilines is 3. The molecular weight excluding hydrogens is 356 g/mol. The molecule has 0 atom stereocenters. The van der Waals surface area contributed by atoms with Crippen molar-refractivity contribution >= 4 is 17.3 Å². The van der Waals surface area contributed by atoms with Gasteiger partial charge in [0.25, 0.3) is 0 Å². The first kappa shape index (κ1) is 19.3. The van der Waals surface area contributed by atoms with Crippen LogP contribution < -0.4 is 24.8 Å². The third kappa shape index (κ3) is 4.62. The van der Waals surface area contributed by atoms with Crippen molar-refractivity contribution in [3.63, 3.8) is 0 Å². The van der Waals surface area contributed by atoms with Crippen molar-refractivity contribution in [1.29, 1.82) is 0 Å². The number of hydrogen-bond donors (Lipinski definition) is 2. The van der Waals surface area contributed by atoms with Gasteiger partial charge >= 0.3 is 0 Å². The third-order valence-corrected chi connectivity index (χ3v) is 4.20. The van der Waals surface area contributed by atoms with E-state index < -0.39 is 0 Å². The van der Waals surface area contributed by atoms with Crippen molar-refractivity contribution in [1.82, 2.24) is 9.97 Å². The highest BCUT2D eigenvalue weighted by Crippen LogP contribution is 2.40. The Kier molecular flexibility index (Phi) is 6.16. The predicted octanol–water partition coefficient (Wildman–Crippen LogP) is 4.17. The van der Waals surface area contributed by atoms with Gasteiger partial charge in [0.2, 0.25) is 5.75 Å². The predicted molar refractivity (Wildman–Crippen MR) is 110 cm³/mol. The Balaban J connectivity index is 1.74. The normalized spacial score (nSPS) is 10.3.